The predicted molar refractivity (Wildman–Crippen MR) is 103 cm³/mol. The van der Waals surface area contributed by atoms with Crippen LogP contribution in [0.3, 0.4) is 0 Å². The lowest BCUT2D eigenvalue weighted by atomic mass is 9.99. The van der Waals surface area contributed by atoms with Gasteiger partial charge in [0.25, 0.3) is 0 Å². The van der Waals surface area contributed by atoms with Crippen LogP contribution in [0.5, 0.6) is 0 Å². The molecule has 0 aliphatic carbocycles. The molecule has 0 aromatic carbocycles. The van der Waals surface area contributed by atoms with Gasteiger partial charge in [-0.2, -0.15) is 0 Å². The fourth-order valence-corrected chi connectivity index (χ4v) is 3.05. The molecule has 148 valence electrons. The zero-order valence-electron chi connectivity index (χ0n) is 16.7. The summed E-state index contributed by atoms with van der Waals surface area (Å²) in [4.78, 5) is 22.3. The molecule has 0 spiro atoms. The van der Waals surface area contributed by atoms with E-state index in [4.69, 9.17) is 9.84 Å². The molecule has 0 fully saturated rings. The number of carbonyl (C=O) groups is 2. The summed E-state index contributed by atoms with van der Waals surface area (Å²) in [7, 11) is 0. The van der Waals surface area contributed by atoms with Crippen LogP contribution >= 0.6 is 0 Å². The minimum Gasteiger partial charge on any atom is -0.481 e. The SMILES string of the molecule is CCCCC(CC)COC(=O)CCCCCCCCC(C)CC(=O)O. The first-order valence-corrected chi connectivity index (χ1v) is 10.4. The highest BCUT2D eigenvalue weighted by Crippen LogP contribution is 2.16. The minimum atomic E-state index is -0.699. The second kappa shape index (κ2) is 16.4. The minimum absolute atomic E-state index is 0.0440. The van der Waals surface area contributed by atoms with Gasteiger partial charge in [0.1, 0.15) is 0 Å². The van der Waals surface area contributed by atoms with Gasteiger partial charge in [0.2, 0.25) is 0 Å². The lowest BCUT2D eigenvalue weighted by Gasteiger charge is -2.14. The molecular weight excluding hydrogens is 316 g/mol. The molecule has 0 radical (unpaired) electrons. The van der Waals surface area contributed by atoms with Crippen LogP contribution in [0.2, 0.25) is 0 Å². The number of aliphatic carboxylic acids is 1. The summed E-state index contributed by atoms with van der Waals surface area (Å²) in [6.45, 7) is 6.95. The Morgan fingerprint density at radius 2 is 1.56 bits per heavy atom. The standard InChI is InChI=1S/C21H40O4/c1-4-6-14-19(5-2)17-25-21(24)15-12-10-8-7-9-11-13-18(3)16-20(22)23/h18-19H,4-17H2,1-3H3,(H,22,23). The van der Waals surface area contributed by atoms with Crippen LogP contribution in [0.25, 0.3) is 0 Å². The van der Waals surface area contributed by atoms with Gasteiger partial charge in [-0.1, -0.05) is 78.6 Å². The van der Waals surface area contributed by atoms with E-state index in [0.717, 1.165) is 51.4 Å². The smallest absolute Gasteiger partial charge is 0.305 e. The second-order valence-electron chi connectivity index (χ2n) is 7.46. The molecule has 0 aromatic heterocycles. The first kappa shape index (κ1) is 23.9. The van der Waals surface area contributed by atoms with E-state index in [-0.39, 0.29) is 18.3 Å². The Kier molecular flexibility index (Phi) is 15.7. The third-order valence-corrected chi connectivity index (χ3v) is 4.87. The van der Waals surface area contributed by atoms with Crippen molar-refractivity contribution in [3.63, 3.8) is 0 Å². The molecule has 25 heavy (non-hydrogen) atoms. The number of esters is 1. The first-order chi connectivity index (χ1) is 12.0. The average Bonchev–Trinajstić information content (AvgIpc) is 2.56. The fourth-order valence-electron chi connectivity index (χ4n) is 3.05. The number of rotatable bonds is 17. The fraction of sp³-hybridized carbons (Fsp3) is 0.905. The summed E-state index contributed by atoms with van der Waals surface area (Å²) >= 11 is 0. The van der Waals surface area contributed by atoms with Crippen molar-refractivity contribution in [1.29, 1.82) is 0 Å². The topological polar surface area (TPSA) is 63.6 Å². The van der Waals surface area contributed by atoms with Gasteiger partial charge in [-0.3, -0.25) is 9.59 Å². The normalized spacial score (nSPS) is 13.4. The molecular formula is C21H40O4. The molecule has 4 heteroatoms. The molecule has 1 N–H and O–H groups in total. The number of hydrogen-bond acceptors (Lipinski definition) is 3. The Hall–Kier alpha value is -1.06. The number of unbranched alkanes of at least 4 members (excludes halogenated alkanes) is 6. The Labute approximate surface area is 154 Å². The van der Waals surface area contributed by atoms with Crippen LogP contribution in [0.1, 0.15) is 104 Å². The molecule has 0 bridgehead atoms. The van der Waals surface area contributed by atoms with Gasteiger partial charge in [-0.15, -0.1) is 0 Å². The maximum atomic E-state index is 11.8. The van der Waals surface area contributed by atoms with E-state index in [1.807, 2.05) is 6.92 Å². The maximum absolute atomic E-state index is 11.8. The van der Waals surface area contributed by atoms with E-state index in [9.17, 15) is 9.59 Å². The van der Waals surface area contributed by atoms with Crippen molar-refractivity contribution in [2.45, 2.75) is 104 Å². The number of carboxylic acids is 1. The van der Waals surface area contributed by atoms with E-state index in [2.05, 4.69) is 13.8 Å². The summed E-state index contributed by atoms with van der Waals surface area (Å²) in [5.74, 6) is 0.0522. The van der Waals surface area contributed by atoms with Gasteiger partial charge in [0.05, 0.1) is 6.61 Å². The predicted octanol–water partition coefficient (Wildman–Crippen LogP) is 5.98. The van der Waals surface area contributed by atoms with E-state index < -0.39 is 5.97 Å². The largest absolute Gasteiger partial charge is 0.481 e. The molecule has 0 aliphatic rings. The van der Waals surface area contributed by atoms with E-state index >= 15 is 0 Å². The summed E-state index contributed by atoms with van der Waals surface area (Å²) in [6, 6.07) is 0. The number of hydrogen-bond donors (Lipinski definition) is 1. The van der Waals surface area contributed by atoms with Crippen molar-refractivity contribution in [2.24, 2.45) is 11.8 Å². The summed E-state index contributed by atoms with van der Waals surface area (Å²) in [5, 5.41) is 8.71. The molecule has 0 aliphatic heterocycles. The van der Waals surface area contributed by atoms with Gasteiger partial charge >= 0.3 is 11.9 Å². The number of carboxylic acid groups (broad SMARTS) is 1. The van der Waals surface area contributed by atoms with Crippen LogP contribution in [-0.2, 0) is 14.3 Å². The molecule has 2 unspecified atom stereocenters. The monoisotopic (exact) mass is 356 g/mol. The molecule has 4 nitrogen and oxygen atoms in total. The van der Waals surface area contributed by atoms with Crippen LogP contribution < -0.4 is 0 Å². The third-order valence-electron chi connectivity index (χ3n) is 4.87. The lowest BCUT2D eigenvalue weighted by molar-refractivity contribution is -0.145. The van der Waals surface area contributed by atoms with Gasteiger partial charge in [0.15, 0.2) is 0 Å². The van der Waals surface area contributed by atoms with Gasteiger partial charge in [0, 0.05) is 12.8 Å². The van der Waals surface area contributed by atoms with E-state index in [0.29, 0.717) is 18.9 Å². The van der Waals surface area contributed by atoms with Crippen molar-refractivity contribution in [1.82, 2.24) is 0 Å². The maximum Gasteiger partial charge on any atom is 0.305 e. The van der Waals surface area contributed by atoms with E-state index in [1.54, 1.807) is 0 Å². The number of carbonyl (C=O) groups excluding carboxylic acids is 1. The van der Waals surface area contributed by atoms with Crippen LogP contribution in [-0.4, -0.2) is 23.7 Å². The lowest BCUT2D eigenvalue weighted by Crippen LogP contribution is -2.13. The van der Waals surface area contributed by atoms with Gasteiger partial charge in [-0.25, -0.2) is 0 Å². The third kappa shape index (κ3) is 16.2. The summed E-state index contributed by atoms with van der Waals surface area (Å²) in [6.07, 6.45) is 13.0. The highest BCUT2D eigenvalue weighted by molar-refractivity contribution is 5.69. The molecule has 0 amide bonds. The quantitative estimate of drug-likeness (QED) is 0.257. The average molecular weight is 357 g/mol. The number of ether oxygens (including phenoxy) is 1. The summed E-state index contributed by atoms with van der Waals surface area (Å²) in [5.41, 5.74) is 0. The molecule has 0 saturated carbocycles. The first-order valence-electron chi connectivity index (χ1n) is 10.4. The second-order valence-corrected chi connectivity index (χ2v) is 7.46. The summed E-state index contributed by atoms with van der Waals surface area (Å²) < 4.78 is 5.41. The van der Waals surface area contributed by atoms with Crippen LogP contribution in [0, 0.1) is 11.8 Å². The van der Waals surface area contributed by atoms with Gasteiger partial charge < -0.3 is 9.84 Å². The van der Waals surface area contributed by atoms with Crippen molar-refractivity contribution in [3.05, 3.63) is 0 Å². The molecule has 0 rings (SSSR count). The van der Waals surface area contributed by atoms with Crippen molar-refractivity contribution in [3.8, 4) is 0 Å². The van der Waals surface area contributed by atoms with Crippen molar-refractivity contribution < 1.29 is 19.4 Å². The zero-order valence-corrected chi connectivity index (χ0v) is 16.7. The zero-order chi connectivity index (χ0) is 18.9. The van der Waals surface area contributed by atoms with E-state index in [1.165, 1.54) is 19.3 Å². The van der Waals surface area contributed by atoms with Crippen molar-refractivity contribution >= 4 is 11.9 Å². The van der Waals surface area contributed by atoms with Crippen LogP contribution in [0.4, 0.5) is 0 Å². The Bertz CT molecular complexity index is 341. The molecule has 2 atom stereocenters. The molecule has 0 aromatic rings. The highest BCUT2D eigenvalue weighted by Gasteiger charge is 2.10. The molecule has 0 heterocycles. The highest BCUT2D eigenvalue weighted by atomic mass is 16.5. The Balaban J connectivity index is 3.46. The van der Waals surface area contributed by atoms with Crippen LogP contribution in [0.15, 0.2) is 0 Å². The van der Waals surface area contributed by atoms with Crippen molar-refractivity contribution in [2.75, 3.05) is 6.61 Å². The Morgan fingerprint density at radius 1 is 0.920 bits per heavy atom. The molecule has 0 saturated heterocycles. The Morgan fingerprint density at radius 3 is 2.16 bits per heavy atom. The van der Waals surface area contributed by atoms with Gasteiger partial charge in [-0.05, 0) is 24.7 Å².